The molecule has 1 aromatic heterocycles. The highest BCUT2D eigenvalue weighted by Crippen LogP contribution is 2.28. The Morgan fingerprint density at radius 1 is 0.655 bits per heavy atom. The first-order valence-corrected chi connectivity index (χ1v) is 9.60. The Morgan fingerprint density at radius 3 is 2.24 bits per heavy atom. The second-order valence-electron chi connectivity index (χ2n) is 6.87. The molecule has 1 aliphatic heterocycles. The van der Waals surface area contributed by atoms with Crippen molar-refractivity contribution in [2.75, 3.05) is 6.54 Å². The highest BCUT2D eigenvalue weighted by molar-refractivity contribution is 6.07. The van der Waals surface area contributed by atoms with E-state index in [9.17, 15) is 0 Å². The molecule has 0 radical (unpaired) electrons. The van der Waals surface area contributed by atoms with E-state index in [0.29, 0.717) is 6.54 Å². The molecular weight excluding hydrogens is 356 g/mol. The van der Waals surface area contributed by atoms with Gasteiger partial charge in [0.2, 0.25) is 5.71 Å². The molecule has 4 heteroatoms. The quantitative estimate of drug-likeness (QED) is 0.408. The first-order chi connectivity index (χ1) is 14.4. The zero-order chi connectivity index (χ0) is 19.5. The first kappa shape index (κ1) is 17.2. The van der Waals surface area contributed by atoms with Crippen LogP contribution in [0.2, 0.25) is 0 Å². The summed E-state index contributed by atoms with van der Waals surface area (Å²) in [5.41, 5.74) is 7.45. The van der Waals surface area contributed by atoms with Gasteiger partial charge in [0.05, 0.1) is 10.8 Å². The van der Waals surface area contributed by atoms with Gasteiger partial charge < -0.3 is 0 Å². The number of aromatic nitrogens is 1. The van der Waals surface area contributed by atoms with E-state index < -0.39 is 0 Å². The van der Waals surface area contributed by atoms with Crippen LogP contribution in [0.4, 0.5) is 5.69 Å². The zero-order valence-corrected chi connectivity index (χ0v) is 15.8. The fourth-order valence-corrected chi connectivity index (χ4v) is 3.56. The molecule has 0 saturated carbocycles. The summed E-state index contributed by atoms with van der Waals surface area (Å²) in [4.78, 5) is 4.45. The van der Waals surface area contributed by atoms with Crippen LogP contribution in [0, 0.1) is 0 Å². The Labute approximate surface area is 169 Å². The molecule has 0 unspecified atom stereocenters. The van der Waals surface area contributed by atoms with Gasteiger partial charge in [-0.3, -0.25) is 4.98 Å². The van der Waals surface area contributed by atoms with Crippen molar-refractivity contribution in [1.29, 1.82) is 0 Å². The Balaban J connectivity index is 1.43. The van der Waals surface area contributed by atoms with Crippen LogP contribution in [-0.2, 0) is 0 Å². The van der Waals surface area contributed by atoms with E-state index in [1.54, 1.807) is 0 Å². The first-order valence-electron chi connectivity index (χ1n) is 9.60. The third-order valence-electron chi connectivity index (χ3n) is 5.00. The molecule has 138 valence electrons. The second-order valence-corrected chi connectivity index (χ2v) is 6.87. The summed E-state index contributed by atoms with van der Waals surface area (Å²) in [5, 5.41) is 8.94. The highest BCUT2D eigenvalue weighted by Gasteiger charge is 2.26. The summed E-state index contributed by atoms with van der Waals surface area (Å²) in [7, 11) is 0. The average molecular weight is 375 g/mol. The molecule has 0 fully saturated rings. The van der Waals surface area contributed by atoms with Crippen LogP contribution >= 0.6 is 0 Å². The Kier molecular flexibility index (Phi) is 4.51. The lowest BCUT2D eigenvalue weighted by molar-refractivity contribution is -0.492. The van der Waals surface area contributed by atoms with Gasteiger partial charge in [-0.05, 0) is 35.4 Å². The monoisotopic (exact) mass is 375 g/mol. The molecular formula is C25H19N4+. The van der Waals surface area contributed by atoms with Crippen molar-refractivity contribution in [2.45, 2.75) is 0 Å². The van der Waals surface area contributed by atoms with E-state index >= 15 is 0 Å². The molecule has 4 nitrogen and oxygen atoms in total. The normalized spacial score (nSPS) is 13.1. The number of pyridine rings is 1. The van der Waals surface area contributed by atoms with Gasteiger partial charge in [-0.2, -0.15) is 0 Å². The van der Waals surface area contributed by atoms with Gasteiger partial charge in [0.25, 0.3) is 0 Å². The predicted octanol–water partition coefficient (Wildman–Crippen LogP) is 5.93. The minimum Gasteiger partial charge on any atom is -0.256 e. The van der Waals surface area contributed by atoms with Crippen LogP contribution in [0.1, 0.15) is 5.56 Å². The van der Waals surface area contributed by atoms with E-state index in [4.69, 9.17) is 0 Å². The number of benzene rings is 3. The number of hydrogen-bond acceptors (Lipinski definition) is 3. The molecule has 0 aliphatic carbocycles. The minimum atomic E-state index is 0.634. The molecule has 0 N–H and O–H groups in total. The predicted molar refractivity (Wildman–Crippen MR) is 115 cm³/mol. The van der Waals surface area contributed by atoms with E-state index in [0.717, 1.165) is 28.2 Å². The van der Waals surface area contributed by atoms with Crippen LogP contribution in [0.5, 0.6) is 0 Å². The van der Waals surface area contributed by atoms with Crippen molar-refractivity contribution in [2.24, 2.45) is 10.3 Å². The van der Waals surface area contributed by atoms with Crippen molar-refractivity contribution in [3.05, 3.63) is 109 Å². The number of rotatable bonds is 4. The molecule has 0 bridgehead atoms. The summed E-state index contributed by atoms with van der Waals surface area (Å²) in [6, 6.07) is 32.9. The maximum atomic E-state index is 4.50. The number of nitrogens with zero attached hydrogens (tertiary/aromatic N) is 4. The largest absolute Gasteiger partial charge is 0.256 e. The van der Waals surface area contributed by atoms with Crippen molar-refractivity contribution in [3.8, 4) is 22.4 Å². The fraction of sp³-hybridized carbons (Fsp3) is 0.0400. The molecule has 5 rings (SSSR count). The summed E-state index contributed by atoms with van der Waals surface area (Å²) in [6.07, 6.45) is 1.81. The van der Waals surface area contributed by atoms with Crippen molar-refractivity contribution < 1.29 is 4.70 Å². The van der Waals surface area contributed by atoms with Crippen molar-refractivity contribution >= 4 is 11.4 Å². The van der Waals surface area contributed by atoms with Crippen LogP contribution < -0.4 is 0 Å². The van der Waals surface area contributed by atoms with Crippen molar-refractivity contribution in [3.63, 3.8) is 0 Å². The molecule has 2 heterocycles. The van der Waals surface area contributed by atoms with Gasteiger partial charge in [0.15, 0.2) is 12.2 Å². The van der Waals surface area contributed by atoms with E-state index in [2.05, 4.69) is 82.0 Å². The summed E-state index contributed by atoms with van der Waals surface area (Å²) in [6.45, 7) is 0.634. The standard InChI is InChI=1S/C25H19N4/c1-2-9-19(10-3-1)22-13-4-5-14-23(22)25-18-29(28-27-25)21-12-8-11-20(17-21)24-15-6-7-16-26-24/h1-17H,18H2/q+1. The van der Waals surface area contributed by atoms with E-state index in [1.165, 1.54) is 11.1 Å². The molecule has 1 aliphatic rings. The Morgan fingerprint density at radius 2 is 1.41 bits per heavy atom. The second kappa shape index (κ2) is 7.60. The van der Waals surface area contributed by atoms with Crippen LogP contribution in [0.25, 0.3) is 22.4 Å². The maximum absolute atomic E-state index is 4.50. The van der Waals surface area contributed by atoms with E-state index in [1.807, 2.05) is 41.2 Å². The van der Waals surface area contributed by atoms with Gasteiger partial charge in [0.1, 0.15) is 5.22 Å². The molecule has 0 amide bonds. The third-order valence-corrected chi connectivity index (χ3v) is 5.00. The van der Waals surface area contributed by atoms with Gasteiger partial charge in [-0.15, -0.1) is 4.70 Å². The van der Waals surface area contributed by atoms with Gasteiger partial charge in [-0.1, -0.05) is 72.8 Å². The van der Waals surface area contributed by atoms with Gasteiger partial charge in [0, 0.05) is 17.3 Å². The topological polar surface area (TPSA) is 40.6 Å². The summed E-state index contributed by atoms with van der Waals surface area (Å²) < 4.78 is 1.93. The molecule has 29 heavy (non-hydrogen) atoms. The highest BCUT2D eigenvalue weighted by atomic mass is 15.5. The Hall–Kier alpha value is -3.92. The van der Waals surface area contributed by atoms with Gasteiger partial charge >= 0.3 is 0 Å². The average Bonchev–Trinajstić information content (AvgIpc) is 3.31. The zero-order valence-electron chi connectivity index (χ0n) is 15.8. The molecule has 0 atom stereocenters. The smallest absolute Gasteiger partial charge is 0.231 e. The Bertz CT molecular complexity index is 1210. The molecule has 0 spiro atoms. The fourth-order valence-electron chi connectivity index (χ4n) is 3.56. The lowest BCUT2D eigenvalue weighted by Gasteiger charge is -2.07. The maximum Gasteiger partial charge on any atom is 0.231 e. The lowest BCUT2D eigenvalue weighted by Crippen LogP contribution is -2.12. The molecule has 3 aromatic carbocycles. The number of hydrogen-bond donors (Lipinski definition) is 0. The van der Waals surface area contributed by atoms with Crippen LogP contribution in [0.3, 0.4) is 0 Å². The van der Waals surface area contributed by atoms with Gasteiger partial charge in [-0.25, -0.2) is 0 Å². The summed E-state index contributed by atoms with van der Waals surface area (Å²) >= 11 is 0. The van der Waals surface area contributed by atoms with Crippen LogP contribution in [-0.4, -0.2) is 21.9 Å². The SMILES string of the molecule is c1ccc(-c2ccccc2C2=NN=[N+](c3cccc(-c4ccccn4)c3)C2)cc1. The third kappa shape index (κ3) is 3.48. The van der Waals surface area contributed by atoms with Crippen LogP contribution in [0.15, 0.2) is 114 Å². The van der Waals surface area contributed by atoms with E-state index in [-0.39, 0.29) is 0 Å². The molecule has 4 aromatic rings. The van der Waals surface area contributed by atoms with Crippen molar-refractivity contribution in [1.82, 2.24) is 4.98 Å². The minimum absolute atomic E-state index is 0.634. The summed E-state index contributed by atoms with van der Waals surface area (Å²) in [5.74, 6) is 0. The molecule has 0 saturated heterocycles. The lowest BCUT2D eigenvalue weighted by atomic mass is 9.96.